The van der Waals surface area contributed by atoms with Crippen LogP contribution in [0.3, 0.4) is 0 Å². The Morgan fingerprint density at radius 2 is 1.39 bits per heavy atom. The smallest absolute Gasteiger partial charge is 0.446 e. The maximum absolute atomic E-state index is 13.0. The molecule has 0 aromatic heterocycles. The highest BCUT2D eigenvalue weighted by Gasteiger charge is 2.27. The second-order valence-electron chi connectivity index (χ2n) is 10.3. The minimum atomic E-state index is -4.68. The van der Waals surface area contributed by atoms with Crippen LogP contribution >= 0.6 is 0 Å². The first-order valence-corrected chi connectivity index (χ1v) is 14.9. The van der Waals surface area contributed by atoms with Gasteiger partial charge >= 0.3 is 16.4 Å². The Labute approximate surface area is 254 Å². The molecule has 0 radical (unpaired) electrons. The molecule has 0 aliphatic heterocycles. The second-order valence-corrected chi connectivity index (χ2v) is 11.3. The largest absolute Gasteiger partial charge is 0.480 e. The number of amides is 4. The van der Waals surface area contributed by atoms with Gasteiger partial charge in [-0.25, -0.2) is 4.79 Å². The summed E-state index contributed by atoms with van der Waals surface area (Å²) in [5.74, 6) is -4.13. The predicted octanol–water partition coefficient (Wildman–Crippen LogP) is -0.687. The lowest BCUT2D eigenvalue weighted by atomic mass is 10.0. The van der Waals surface area contributed by atoms with Crippen LogP contribution in [0.2, 0.25) is 0 Å². The van der Waals surface area contributed by atoms with Crippen molar-refractivity contribution in [1.29, 1.82) is 0 Å². The SMILES string of the molecule is CC(C)C[C@H](NC(=O)[C@H](Cc1ccccc1)NC(=O)CNC(=O)CNC(=O)[C@@H](N)Cc1ccc(OS(=O)(=O)O)cc1)C(=O)O. The third-order valence-electron chi connectivity index (χ3n) is 6.04. The van der Waals surface area contributed by atoms with Gasteiger partial charge < -0.3 is 36.3 Å². The Morgan fingerprint density at radius 3 is 1.95 bits per heavy atom. The van der Waals surface area contributed by atoms with Crippen molar-refractivity contribution < 1.29 is 46.2 Å². The van der Waals surface area contributed by atoms with Crippen molar-refractivity contribution >= 4 is 40.0 Å². The van der Waals surface area contributed by atoms with Crippen LogP contribution in [0.5, 0.6) is 5.75 Å². The molecule has 44 heavy (non-hydrogen) atoms. The van der Waals surface area contributed by atoms with E-state index in [0.717, 1.165) is 0 Å². The number of aliphatic carboxylic acids is 1. The van der Waals surface area contributed by atoms with Gasteiger partial charge in [0.25, 0.3) is 0 Å². The van der Waals surface area contributed by atoms with Crippen LogP contribution in [0.4, 0.5) is 0 Å². The molecule has 0 aliphatic rings. The zero-order valence-corrected chi connectivity index (χ0v) is 25.0. The van der Waals surface area contributed by atoms with Gasteiger partial charge in [-0.05, 0) is 42.0 Å². The average molecular weight is 636 g/mol. The molecule has 2 aromatic rings. The van der Waals surface area contributed by atoms with Crippen LogP contribution < -0.4 is 31.2 Å². The molecule has 240 valence electrons. The maximum Gasteiger partial charge on any atom is 0.446 e. The lowest BCUT2D eigenvalue weighted by Crippen LogP contribution is -2.54. The molecule has 0 fully saturated rings. The third kappa shape index (κ3) is 13.6. The number of carbonyl (C=O) groups excluding carboxylic acids is 4. The summed E-state index contributed by atoms with van der Waals surface area (Å²) in [6, 6.07) is 10.8. The molecule has 4 amide bonds. The standard InChI is InChI=1S/C28H37N5O10S/c1-17(2)12-23(28(38)39)33-27(37)22(14-18-6-4-3-5-7-18)32-25(35)16-30-24(34)15-31-26(36)21(29)13-19-8-10-20(11-9-19)43-44(40,41)42/h3-11,17,21-23H,12-16,29H2,1-2H3,(H,30,34)(H,31,36)(H,32,35)(H,33,37)(H,38,39)(H,40,41,42)/t21-,22-,23-/m0/s1. The molecule has 0 aliphatic carbocycles. The first-order valence-electron chi connectivity index (χ1n) is 13.5. The molecule has 0 unspecified atom stereocenters. The second kappa shape index (κ2) is 16.9. The van der Waals surface area contributed by atoms with E-state index in [9.17, 15) is 37.5 Å². The Morgan fingerprint density at radius 1 is 0.795 bits per heavy atom. The van der Waals surface area contributed by atoms with Gasteiger partial charge in [0.2, 0.25) is 23.6 Å². The number of carboxylic acid groups (broad SMARTS) is 1. The van der Waals surface area contributed by atoms with Gasteiger partial charge in [-0.3, -0.25) is 23.7 Å². The summed E-state index contributed by atoms with van der Waals surface area (Å²) < 4.78 is 34.5. The van der Waals surface area contributed by atoms with Crippen molar-refractivity contribution in [1.82, 2.24) is 21.3 Å². The number of carboxylic acids is 1. The van der Waals surface area contributed by atoms with Gasteiger partial charge in [-0.2, -0.15) is 8.42 Å². The molecule has 8 N–H and O–H groups in total. The quantitative estimate of drug-likeness (QED) is 0.107. The van der Waals surface area contributed by atoms with E-state index in [4.69, 9.17) is 10.3 Å². The van der Waals surface area contributed by atoms with E-state index < -0.39 is 71.2 Å². The fraction of sp³-hybridized carbons (Fsp3) is 0.393. The molecule has 16 heteroatoms. The van der Waals surface area contributed by atoms with E-state index in [1.165, 1.54) is 24.3 Å². The highest BCUT2D eigenvalue weighted by Crippen LogP contribution is 2.15. The fourth-order valence-corrected chi connectivity index (χ4v) is 4.31. The predicted molar refractivity (Wildman–Crippen MR) is 157 cm³/mol. The monoisotopic (exact) mass is 635 g/mol. The number of nitrogens with one attached hydrogen (secondary N) is 4. The van der Waals surface area contributed by atoms with E-state index in [1.807, 2.05) is 13.8 Å². The number of benzene rings is 2. The van der Waals surface area contributed by atoms with Crippen molar-refractivity contribution in [2.75, 3.05) is 13.1 Å². The molecular formula is C28H37N5O10S. The summed E-state index contributed by atoms with van der Waals surface area (Å²) >= 11 is 0. The summed E-state index contributed by atoms with van der Waals surface area (Å²) in [5.41, 5.74) is 7.14. The van der Waals surface area contributed by atoms with Gasteiger partial charge in [-0.1, -0.05) is 56.3 Å². The van der Waals surface area contributed by atoms with Gasteiger partial charge in [0.1, 0.15) is 17.8 Å². The summed E-state index contributed by atoms with van der Waals surface area (Å²) in [6.07, 6.45) is 0.300. The van der Waals surface area contributed by atoms with E-state index >= 15 is 0 Å². The normalized spacial score (nSPS) is 13.2. The zero-order valence-electron chi connectivity index (χ0n) is 24.2. The Hall–Kier alpha value is -4.54. The van der Waals surface area contributed by atoms with Crippen LogP contribution in [0.15, 0.2) is 54.6 Å². The number of nitrogens with two attached hydrogens (primary N) is 1. The molecule has 0 spiro atoms. The molecule has 2 aromatic carbocycles. The first-order chi connectivity index (χ1) is 20.6. The molecule has 3 atom stereocenters. The Bertz CT molecular complexity index is 1400. The first kappa shape index (κ1) is 35.7. The Balaban J connectivity index is 1.87. The van der Waals surface area contributed by atoms with Crippen LogP contribution in [0, 0.1) is 5.92 Å². The fourth-order valence-electron chi connectivity index (χ4n) is 3.96. The van der Waals surface area contributed by atoms with Crippen LogP contribution in [-0.4, -0.2) is 78.9 Å². The van der Waals surface area contributed by atoms with E-state index in [0.29, 0.717) is 11.1 Å². The highest BCUT2D eigenvalue weighted by molar-refractivity contribution is 7.81. The molecular weight excluding hydrogens is 598 g/mol. The molecule has 0 saturated carbocycles. The van der Waals surface area contributed by atoms with E-state index in [1.54, 1.807) is 30.3 Å². The topological polar surface area (TPSA) is 243 Å². The van der Waals surface area contributed by atoms with Crippen molar-refractivity contribution in [2.45, 2.75) is 51.2 Å². The number of hydrogen-bond acceptors (Lipinski definition) is 9. The molecule has 0 heterocycles. The van der Waals surface area contributed by atoms with Gasteiger partial charge in [0.05, 0.1) is 19.1 Å². The van der Waals surface area contributed by atoms with Crippen LogP contribution in [0.1, 0.15) is 31.4 Å². The van der Waals surface area contributed by atoms with Crippen molar-refractivity contribution in [3.63, 3.8) is 0 Å². The molecule has 0 saturated heterocycles. The highest BCUT2D eigenvalue weighted by atomic mass is 32.3. The minimum Gasteiger partial charge on any atom is -0.480 e. The average Bonchev–Trinajstić information content (AvgIpc) is 2.94. The van der Waals surface area contributed by atoms with Gasteiger partial charge in [0.15, 0.2) is 0 Å². The maximum atomic E-state index is 13.0. The lowest BCUT2D eigenvalue weighted by molar-refractivity contribution is -0.142. The zero-order chi connectivity index (χ0) is 32.9. The number of carbonyl (C=O) groups is 5. The Kier molecular flexibility index (Phi) is 13.7. The van der Waals surface area contributed by atoms with Gasteiger partial charge in [0, 0.05) is 6.42 Å². The van der Waals surface area contributed by atoms with Crippen molar-refractivity contribution in [2.24, 2.45) is 11.7 Å². The minimum absolute atomic E-state index is 0.00832. The summed E-state index contributed by atoms with van der Waals surface area (Å²) in [6.45, 7) is 2.61. The third-order valence-corrected chi connectivity index (χ3v) is 6.45. The summed E-state index contributed by atoms with van der Waals surface area (Å²) in [5, 5.41) is 19.2. The number of hydrogen-bond donors (Lipinski definition) is 7. The lowest BCUT2D eigenvalue weighted by Gasteiger charge is -2.22. The van der Waals surface area contributed by atoms with E-state index in [2.05, 4.69) is 25.5 Å². The molecule has 2 rings (SSSR count). The van der Waals surface area contributed by atoms with Crippen molar-refractivity contribution in [3.05, 3.63) is 65.7 Å². The van der Waals surface area contributed by atoms with Gasteiger partial charge in [-0.15, -0.1) is 0 Å². The van der Waals surface area contributed by atoms with Crippen molar-refractivity contribution in [3.8, 4) is 5.75 Å². The van der Waals surface area contributed by atoms with Crippen LogP contribution in [-0.2, 0) is 47.2 Å². The summed E-state index contributed by atoms with van der Waals surface area (Å²) in [4.78, 5) is 61.8. The molecule has 0 bridgehead atoms. The van der Waals surface area contributed by atoms with E-state index in [-0.39, 0.29) is 30.9 Å². The number of rotatable bonds is 17. The van der Waals surface area contributed by atoms with Crippen LogP contribution in [0.25, 0.3) is 0 Å². The summed E-state index contributed by atoms with van der Waals surface area (Å²) in [7, 11) is -4.68. The molecule has 15 nitrogen and oxygen atoms in total.